The summed E-state index contributed by atoms with van der Waals surface area (Å²) >= 11 is 5.64. The molecule has 2 rings (SSSR count). The van der Waals surface area contributed by atoms with Crippen molar-refractivity contribution in [2.24, 2.45) is 0 Å². The van der Waals surface area contributed by atoms with E-state index in [1.54, 1.807) is 0 Å². The SMILES string of the molecule is CNn1cc(C(=O)O)c(=O)c2cc(F)c(Cl)cc21. The van der Waals surface area contributed by atoms with E-state index in [1.807, 2.05) is 0 Å². The monoisotopic (exact) mass is 270 g/mol. The predicted molar refractivity (Wildman–Crippen MR) is 65.4 cm³/mol. The Kier molecular flexibility index (Phi) is 2.96. The Morgan fingerprint density at radius 3 is 2.72 bits per heavy atom. The van der Waals surface area contributed by atoms with Crippen molar-refractivity contribution in [3.05, 3.63) is 45.0 Å². The molecule has 0 fully saturated rings. The second-order valence-electron chi connectivity index (χ2n) is 3.55. The molecular formula is C11H8ClFN2O3. The molecule has 0 aliphatic rings. The van der Waals surface area contributed by atoms with E-state index in [4.69, 9.17) is 16.7 Å². The van der Waals surface area contributed by atoms with Crippen LogP contribution in [0, 0.1) is 5.82 Å². The number of carboxylic acid groups (broad SMARTS) is 1. The maximum absolute atomic E-state index is 13.3. The van der Waals surface area contributed by atoms with Crippen LogP contribution in [-0.2, 0) is 0 Å². The number of nitrogens with zero attached hydrogens (tertiary/aromatic N) is 1. The standard InChI is InChI=1S/C11H8ClFN2O3/c1-14-15-4-6(11(17)18)10(16)5-2-8(13)7(12)3-9(5)15/h2-4,14H,1H3,(H,17,18). The third kappa shape index (κ3) is 1.80. The van der Waals surface area contributed by atoms with Crippen LogP contribution in [0.15, 0.2) is 23.1 Å². The summed E-state index contributed by atoms with van der Waals surface area (Å²) in [4.78, 5) is 22.8. The van der Waals surface area contributed by atoms with Gasteiger partial charge in [0.15, 0.2) is 0 Å². The number of aromatic carboxylic acids is 1. The molecule has 7 heteroatoms. The molecule has 18 heavy (non-hydrogen) atoms. The molecule has 0 saturated heterocycles. The highest BCUT2D eigenvalue weighted by atomic mass is 35.5. The highest BCUT2D eigenvalue weighted by Crippen LogP contribution is 2.21. The minimum atomic E-state index is -1.37. The summed E-state index contributed by atoms with van der Waals surface area (Å²) in [6.45, 7) is 0. The molecule has 0 bridgehead atoms. The van der Waals surface area contributed by atoms with Gasteiger partial charge in [0.1, 0.15) is 11.4 Å². The largest absolute Gasteiger partial charge is 0.477 e. The molecule has 5 nitrogen and oxygen atoms in total. The maximum Gasteiger partial charge on any atom is 0.341 e. The van der Waals surface area contributed by atoms with Gasteiger partial charge in [0.25, 0.3) is 0 Å². The molecule has 2 aromatic rings. The molecule has 1 aromatic carbocycles. The predicted octanol–water partition coefficient (Wildman–Crippen LogP) is 1.67. The van der Waals surface area contributed by atoms with Crippen LogP contribution in [0.2, 0.25) is 5.02 Å². The third-order valence-electron chi connectivity index (χ3n) is 2.52. The molecule has 1 heterocycles. The molecule has 1 aromatic heterocycles. The summed E-state index contributed by atoms with van der Waals surface area (Å²) in [5.41, 5.74) is 1.78. The number of nitrogens with one attached hydrogen (secondary N) is 1. The van der Waals surface area contributed by atoms with Gasteiger partial charge in [0.2, 0.25) is 5.43 Å². The second-order valence-corrected chi connectivity index (χ2v) is 3.96. The van der Waals surface area contributed by atoms with Crippen molar-refractivity contribution in [3.8, 4) is 0 Å². The lowest BCUT2D eigenvalue weighted by Gasteiger charge is -2.11. The van der Waals surface area contributed by atoms with Crippen molar-refractivity contribution in [1.29, 1.82) is 0 Å². The lowest BCUT2D eigenvalue weighted by atomic mass is 10.1. The van der Waals surface area contributed by atoms with Gasteiger partial charge in [-0.25, -0.2) is 9.18 Å². The van der Waals surface area contributed by atoms with E-state index in [0.717, 1.165) is 12.3 Å². The second kappa shape index (κ2) is 4.30. The van der Waals surface area contributed by atoms with Crippen LogP contribution in [0.1, 0.15) is 10.4 Å². The molecule has 0 aliphatic heterocycles. The van der Waals surface area contributed by atoms with Crippen LogP contribution in [0.3, 0.4) is 0 Å². The Labute approximate surface area is 105 Å². The first-order chi connectivity index (χ1) is 8.45. The van der Waals surface area contributed by atoms with Crippen LogP contribution in [0.5, 0.6) is 0 Å². The fourth-order valence-electron chi connectivity index (χ4n) is 1.66. The van der Waals surface area contributed by atoms with E-state index in [2.05, 4.69) is 5.43 Å². The van der Waals surface area contributed by atoms with Gasteiger partial charge in [0, 0.05) is 13.2 Å². The fourth-order valence-corrected chi connectivity index (χ4v) is 1.82. The van der Waals surface area contributed by atoms with Crippen molar-refractivity contribution in [1.82, 2.24) is 4.68 Å². The number of carboxylic acids is 1. The van der Waals surface area contributed by atoms with Gasteiger partial charge in [-0.05, 0) is 12.1 Å². The molecule has 0 atom stereocenters. The van der Waals surface area contributed by atoms with E-state index < -0.39 is 22.8 Å². The fraction of sp³-hybridized carbons (Fsp3) is 0.0909. The van der Waals surface area contributed by atoms with Gasteiger partial charge >= 0.3 is 5.97 Å². The van der Waals surface area contributed by atoms with Gasteiger partial charge in [-0.2, -0.15) is 0 Å². The molecule has 94 valence electrons. The zero-order chi connectivity index (χ0) is 13.4. The number of benzene rings is 1. The zero-order valence-corrected chi connectivity index (χ0v) is 9.95. The maximum atomic E-state index is 13.3. The topological polar surface area (TPSA) is 71.3 Å². The minimum absolute atomic E-state index is 0.0499. The third-order valence-corrected chi connectivity index (χ3v) is 2.81. The average molecular weight is 271 g/mol. The van der Waals surface area contributed by atoms with Crippen molar-refractivity contribution in [2.75, 3.05) is 12.5 Å². The van der Waals surface area contributed by atoms with Crippen LogP contribution < -0.4 is 10.9 Å². The lowest BCUT2D eigenvalue weighted by Crippen LogP contribution is -2.22. The van der Waals surface area contributed by atoms with Gasteiger partial charge in [-0.15, -0.1) is 0 Å². The first-order valence-electron chi connectivity index (χ1n) is 4.91. The average Bonchev–Trinajstić information content (AvgIpc) is 2.32. The molecule has 0 spiro atoms. The lowest BCUT2D eigenvalue weighted by molar-refractivity contribution is 0.0695. The van der Waals surface area contributed by atoms with E-state index in [9.17, 15) is 14.0 Å². The Morgan fingerprint density at radius 1 is 1.50 bits per heavy atom. The van der Waals surface area contributed by atoms with E-state index >= 15 is 0 Å². The minimum Gasteiger partial charge on any atom is -0.477 e. The van der Waals surface area contributed by atoms with Crippen molar-refractivity contribution in [2.45, 2.75) is 0 Å². The summed E-state index contributed by atoms with van der Waals surface area (Å²) < 4.78 is 14.6. The molecule has 0 unspecified atom stereocenters. The summed E-state index contributed by atoms with van der Waals surface area (Å²) in [6.07, 6.45) is 1.13. The Bertz CT molecular complexity index is 711. The summed E-state index contributed by atoms with van der Waals surface area (Å²) in [5, 5.41) is 8.71. The Morgan fingerprint density at radius 2 is 2.17 bits per heavy atom. The number of hydrogen-bond acceptors (Lipinski definition) is 3. The molecule has 0 amide bonds. The number of rotatable bonds is 2. The summed E-state index contributed by atoms with van der Waals surface area (Å²) in [6, 6.07) is 2.19. The Balaban J connectivity index is 2.99. The quantitative estimate of drug-likeness (QED) is 0.871. The van der Waals surface area contributed by atoms with E-state index in [0.29, 0.717) is 5.52 Å². The first-order valence-corrected chi connectivity index (χ1v) is 5.29. The van der Waals surface area contributed by atoms with Gasteiger partial charge < -0.3 is 10.5 Å². The van der Waals surface area contributed by atoms with Crippen LogP contribution in [0.4, 0.5) is 4.39 Å². The molecule has 2 N–H and O–H groups in total. The van der Waals surface area contributed by atoms with Gasteiger partial charge in [-0.1, -0.05) is 11.6 Å². The normalized spacial score (nSPS) is 10.6. The van der Waals surface area contributed by atoms with E-state index in [1.165, 1.54) is 17.8 Å². The number of fused-ring (bicyclic) bond motifs is 1. The van der Waals surface area contributed by atoms with Crippen molar-refractivity contribution >= 4 is 28.5 Å². The highest BCUT2D eigenvalue weighted by molar-refractivity contribution is 6.31. The van der Waals surface area contributed by atoms with Crippen LogP contribution >= 0.6 is 11.6 Å². The number of aromatic nitrogens is 1. The number of halogens is 2. The van der Waals surface area contributed by atoms with E-state index in [-0.39, 0.29) is 10.4 Å². The molecule has 0 aliphatic carbocycles. The first kappa shape index (κ1) is 12.4. The number of pyridine rings is 1. The van der Waals surface area contributed by atoms with Crippen LogP contribution in [0.25, 0.3) is 10.9 Å². The summed E-state index contributed by atoms with van der Waals surface area (Å²) in [5.74, 6) is -2.15. The Hall–Kier alpha value is -2.08. The molecule has 0 saturated carbocycles. The smallest absolute Gasteiger partial charge is 0.341 e. The zero-order valence-electron chi connectivity index (χ0n) is 9.20. The van der Waals surface area contributed by atoms with Crippen molar-refractivity contribution in [3.63, 3.8) is 0 Å². The highest BCUT2D eigenvalue weighted by Gasteiger charge is 2.16. The van der Waals surface area contributed by atoms with Gasteiger partial charge in [0.05, 0.1) is 15.9 Å². The molecular weight excluding hydrogens is 263 g/mol. The number of hydrogen-bond donors (Lipinski definition) is 2. The van der Waals surface area contributed by atoms with Gasteiger partial charge in [-0.3, -0.25) is 9.47 Å². The molecule has 0 radical (unpaired) electrons. The van der Waals surface area contributed by atoms with Crippen molar-refractivity contribution < 1.29 is 14.3 Å². The summed E-state index contributed by atoms with van der Waals surface area (Å²) in [7, 11) is 1.53. The van der Waals surface area contributed by atoms with Crippen LogP contribution in [-0.4, -0.2) is 22.8 Å². The number of carbonyl (C=O) groups is 1.